The van der Waals surface area contributed by atoms with Crippen molar-refractivity contribution in [3.05, 3.63) is 50.0 Å². The lowest BCUT2D eigenvalue weighted by atomic mass is 10.2. The number of benzene rings is 1. The Morgan fingerprint density at radius 1 is 1.25 bits per heavy atom. The van der Waals surface area contributed by atoms with E-state index >= 15 is 0 Å². The van der Waals surface area contributed by atoms with E-state index in [9.17, 15) is 9.90 Å². The Bertz CT molecular complexity index is 884. The second kappa shape index (κ2) is 7.19. The molecule has 0 amide bonds. The zero-order chi connectivity index (χ0) is 17.1. The predicted molar refractivity (Wildman–Crippen MR) is 96.9 cm³/mol. The van der Waals surface area contributed by atoms with Gasteiger partial charge in [-0.25, -0.2) is 0 Å². The summed E-state index contributed by atoms with van der Waals surface area (Å²) in [7, 11) is 0. The van der Waals surface area contributed by atoms with Gasteiger partial charge in [-0.3, -0.25) is 19.4 Å². The summed E-state index contributed by atoms with van der Waals surface area (Å²) < 4.78 is 1.40. The second-order valence-corrected chi connectivity index (χ2v) is 6.34. The van der Waals surface area contributed by atoms with Crippen molar-refractivity contribution in [3.63, 3.8) is 0 Å². The Labute approximate surface area is 149 Å². The van der Waals surface area contributed by atoms with E-state index < -0.39 is 5.56 Å². The highest BCUT2D eigenvalue weighted by atomic mass is 35.5. The van der Waals surface area contributed by atoms with E-state index in [1.54, 1.807) is 24.3 Å². The third-order valence-corrected chi connectivity index (χ3v) is 4.50. The van der Waals surface area contributed by atoms with Gasteiger partial charge in [-0.05, 0) is 43.6 Å². The Balaban J connectivity index is 2.06. The first kappa shape index (κ1) is 16.7. The van der Waals surface area contributed by atoms with Crippen molar-refractivity contribution in [2.45, 2.75) is 19.3 Å². The number of piperidine rings is 1. The summed E-state index contributed by atoms with van der Waals surface area (Å²) >= 11 is 11.4. The van der Waals surface area contributed by atoms with Crippen molar-refractivity contribution in [2.75, 3.05) is 13.1 Å². The number of hydrogen-bond donors (Lipinski definition) is 2. The molecule has 1 aromatic heterocycles. The van der Waals surface area contributed by atoms with Crippen LogP contribution in [0.5, 0.6) is 5.88 Å². The Kier molecular flexibility index (Phi) is 5.01. The predicted octanol–water partition coefficient (Wildman–Crippen LogP) is 3.07. The number of hydrazone groups is 1. The normalized spacial score (nSPS) is 15.1. The van der Waals surface area contributed by atoms with Gasteiger partial charge in [-0.15, -0.1) is 0 Å². The zero-order valence-electron chi connectivity index (χ0n) is 12.9. The summed E-state index contributed by atoms with van der Waals surface area (Å²) in [5, 5.41) is 17.2. The second-order valence-electron chi connectivity index (χ2n) is 5.54. The fraction of sp³-hybridized carbons (Fsp3) is 0.312. The lowest BCUT2D eigenvalue weighted by molar-refractivity contribution is 0.240. The minimum Gasteiger partial charge on any atom is -0.494 e. The van der Waals surface area contributed by atoms with E-state index in [0.717, 1.165) is 25.9 Å². The number of rotatable bonds is 3. The van der Waals surface area contributed by atoms with Crippen molar-refractivity contribution in [3.8, 4) is 11.6 Å². The van der Waals surface area contributed by atoms with Gasteiger partial charge in [-0.1, -0.05) is 23.7 Å². The summed E-state index contributed by atoms with van der Waals surface area (Å²) in [4.78, 5) is 14.7. The van der Waals surface area contributed by atoms with Crippen LogP contribution in [0.25, 0.3) is 5.69 Å². The van der Waals surface area contributed by atoms with Crippen LogP contribution in [-0.4, -0.2) is 39.0 Å². The summed E-state index contributed by atoms with van der Waals surface area (Å²) in [5.74, 6) is -0.280. The standard InChI is InChI=1S/C16H17ClN4O2S/c17-12-6-2-3-7-13(12)21-15(23)11(14(22)19-16(21)24)10-18-20-8-4-1-5-9-20/h2-3,6-7,10,23H,1,4-5,8-9H2,(H,19,22,24)/b18-10+. The van der Waals surface area contributed by atoms with Gasteiger partial charge in [0.05, 0.1) is 16.9 Å². The van der Waals surface area contributed by atoms with Crippen LogP contribution < -0.4 is 5.56 Å². The number of aromatic amines is 1. The molecule has 2 N–H and O–H groups in total. The van der Waals surface area contributed by atoms with Gasteiger partial charge in [0.25, 0.3) is 5.56 Å². The molecule has 1 saturated heterocycles. The van der Waals surface area contributed by atoms with E-state index in [2.05, 4.69) is 10.1 Å². The Hall–Kier alpha value is -2.12. The van der Waals surface area contributed by atoms with Crippen LogP contribution in [0.4, 0.5) is 0 Å². The molecule has 0 radical (unpaired) electrons. The molecule has 126 valence electrons. The molecule has 0 atom stereocenters. The molecule has 0 bridgehead atoms. The van der Waals surface area contributed by atoms with Gasteiger partial charge in [0.1, 0.15) is 5.56 Å². The molecule has 0 aliphatic carbocycles. The first-order valence-corrected chi connectivity index (χ1v) is 8.48. The molecule has 0 saturated carbocycles. The molecular weight excluding hydrogens is 348 g/mol. The van der Waals surface area contributed by atoms with E-state index in [1.807, 2.05) is 5.01 Å². The van der Waals surface area contributed by atoms with Gasteiger partial charge in [0.15, 0.2) is 4.77 Å². The molecule has 8 heteroatoms. The molecule has 3 rings (SSSR count). The fourth-order valence-corrected chi connectivity index (χ4v) is 3.14. The van der Waals surface area contributed by atoms with Gasteiger partial charge < -0.3 is 5.11 Å². The molecule has 24 heavy (non-hydrogen) atoms. The van der Waals surface area contributed by atoms with Crippen LogP contribution >= 0.6 is 23.8 Å². The van der Waals surface area contributed by atoms with Gasteiger partial charge in [-0.2, -0.15) is 5.10 Å². The van der Waals surface area contributed by atoms with E-state index in [4.69, 9.17) is 23.8 Å². The van der Waals surface area contributed by atoms with Crippen molar-refractivity contribution in [2.24, 2.45) is 5.10 Å². The summed E-state index contributed by atoms with van der Waals surface area (Å²) in [5.41, 5.74) is 0.0567. The quantitative estimate of drug-likeness (QED) is 0.648. The average Bonchev–Trinajstić information content (AvgIpc) is 2.57. The van der Waals surface area contributed by atoms with E-state index in [1.165, 1.54) is 17.2 Å². The lowest BCUT2D eigenvalue weighted by Gasteiger charge is -2.23. The monoisotopic (exact) mass is 364 g/mol. The number of para-hydroxylation sites is 1. The maximum atomic E-state index is 12.2. The van der Waals surface area contributed by atoms with Gasteiger partial charge >= 0.3 is 0 Å². The highest BCUT2D eigenvalue weighted by Crippen LogP contribution is 2.25. The van der Waals surface area contributed by atoms with Crippen LogP contribution in [0, 0.1) is 4.77 Å². The molecule has 1 fully saturated rings. The number of halogens is 1. The maximum absolute atomic E-state index is 12.2. The summed E-state index contributed by atoms with van der Waals surface area (Å²) in [6.45, 7) is 1.69. The van der Waals surface area contributed by atoms with Crippen LogP contribution in [0.15, 0.2) is 34.2 Å². The van der Waals surface area contributed by atoms with Gasteiger partial charge in [0, 0.05) is 13.1 Å². The van der Waals surface area contributed by atoms with Crippen molar-refractivity contribution >= 4 is 30.0 Å². The van der Waals surface area contributed by atoms with Crippen LogP contribution in [0.3, 0.4) is 0 Å². The van der Waals surface area contributed by atoms with Crippen LogP contribution in [0.2, 0.25) is 5.02 Å². The molecule has 1 aliphatic heterocycles. The number of aromatic hydroxyl groups is 1. The van der Waals surface area contributed by atoms with Gasteiger partial charge in [0.2, 0.25) is 5.88 Å². The maximum Gasteiger partial charge on any atom is 0.264 e. The molecule has 1 aromatic carbocycles. The fourth-order valence-electron chi connectivity index (χ4n) is 2.64. The highest BCUT2D eigenvalue weighted by molar-refractivity contribution is 7.71. The zero-order valence-corrected chi connectivity index (χ0v) is 14.5. The number of nitrogens with one attached hydrogen (secondary N) is 1. The molecular formula is C16H17ClN4O2S. The molecule has 0 unspecified atom stereocenters. The first-order chi connectivity index (χ1) is 11.6. The Morgan fingerprint density at radius 2 is 1.96 bits per heavy atom. The lowest BCUT2D eigenvalue weighted by Crippen LogP contribution is -2.25. The third kappa shape index (κ3) is 3.37. The van der Waals surface area contributed by atoms with Crippen LogP contribution in [-0.2, 0) is 0 Å². The average molecular weight is 365 g/mol. The largest absolute Gasteiger partial charge is 0.494 e. The number of H-pyrrole nitrogens is 1. The smallest absolute Gasteiger partial charge is 0.264 e. The van der Waals surface area contributed by atoms with E-state index in [-0.39, 0.29) is 16.2 Å². The number of nitrogens with zero attached hydrogens (tertiary/aromatic N) is 3. The van der Waals surface area contributed by atoms with Crippen LogP contribution in [0.1, 0.15) is 24.8 Å². The minimum atomic E-state index is -0.485. The van der Waals surface area contributed by atoms with Crippen molar-refractivity contribution < 1.29 is 5.11 Å². The summed E-state index contributed by atoms with van der Waals surface area (Å²) in [6.07, 6.45) is 4.71. The molecule has 2 aromatic rings. The van der Waals surface area contributed by atoms with Crippen molar-refractivity contribution in [1.29, 1.82) is 0 Å². The highest BCUT2D eigenvalue weighted by Gasteiger charge is 2.15. The summed E-state index contributed by atoms with van der Waals surface area (Å²) in [6, 6.07) is 6.94. The SMILES string of the molecule is O=c1[nH]c(=S)n(-c2ccccc2Cl)c(O)c1/C=N/N1CCCCC1. The molecule has 6 nitrogen and oxygen atoms in total. The van der Waals surface area contributed by atoms with E-state index in [0.29, 0.717) is 10.7 Å². The number of aromatic nitrogens is 2. The molecule has 1 aliphatic rings. The first-order valence-electron chi connectivity index (χ1n) is 7.70. The number of hydrogen-bond acceptors (Lipinski definition) is 5. The van der Waals surface area contributed by atoms with Crippen molar-refractivity contribution in [1.82, 2.24) is 14.6 Å². The molecule has 0 spiro atoms. The molecule has 2 heterocycles. The topological polar surface area (TPSA) is 73.6 Å². The third-order valence-electron chi connectivity index (χ3n) is 3.90. The minimum absolute atomic E-state index is 0.0501. The Morgan fingerprint density at radius 3 is 2.67 bits per heavy atom.